The van der Waals surface area contributed by atoms with Crippen molar-refractivity contribution in [1.82, 2.24) is 0 Å². The molecule has 2 aromatic carbocycles. The molecule has 1 aliphatic rings. The van der Waals surface area contributed by atoms with Gasteiger partial charge in [-0.3, -0.25) is 0 Å². The van der Waals surface area contributed by atoms with Crippen LogP contribution >= 0.6 is 0 Å². The van der Waals surface area contributed by atoms with E-state index in [9.17, 15) is 10.2 Å². The van der Waals surface area contributed by atoms with E-state index in [0.29, 0.717) is 36.0 Å². The molecule has 1 unspecified atom stereocenters. The van der Waals surface area contributed by atoms with Crippen LogP contribution in [0, 0.1) is 0 Å². The van der Waals surface area contributed by atoms with Gasteiger partial charge in [-0.2, -0.15) is 0 Å². The summed E-state index contributed by atoms with van der Waals surface area (Å²) in [5, 5.41) is 29.8. The van der Waals surface area contributed by atoms with Crippen molar-refractivity contribution in [3.8, 4) is 17.2 Å². The zero-order valence-corrected chi connectivity index (χ0v) is 20.2. The number of phenolic OH excluding ortho intramolecular Hbond substituents is 1. The lowest BCUT2D eigenvalue weighted by molar-refractivity contribution is 0.0398. The number of unbranched alkanes of at least 4 members (excludes halogenated alkanes) is 9. The van der Waals surface area contributed by atoms with Gasteiger partial charge in [0.15, 0.2) is 23.0 Å². The number of benzene rings is 2. The molecule has 1 aliphatic heterocycles. The Balaban J connectivity index is 1.52. The van der Waals surface area contributed by atoms with E-state index in [1.807, 2.05) is 24.3 Å². The van der Waals surface area contributed by atoms with Gasteiger partial charge in [0.1, 0.15) is 11.9 Å². The van der Waals surface area contributed by atoms with Gasteiger partial charge in [-0.25, -0.2) is 0 Å². The van der Waals surface area contributed by atoms with Crippen LogP contribution in [0.5, 0.6) is 17.2 Å². The molecule has 2 aromatic rings. The van der Waals surface area contributed by atoms with Gasteiger partial charge in [-0.1, -0.05) is 69.6 Å². The van der Waals surface area contributed by atoms with Crippen molar-refractivity contribution in [3.63, 3.8) is 0 Å². The first-order chi connectivity index (χ1) is 16.7. The van der Waals surface area contributed by atoms with Crippen LogP contribution in [-0.2, 0) is 4.74 Å². The molecule has 0 aliphatic carbocycles. The molecule has 0 saturated heterocycles. The van der Waals surface area contributed by atoms with E-state index in [2.05, 4.69) is 0 Å². The number of hydrogen-bond acceptors (Lipinski definition) is 6. The van der Waals surface area contributed by atoms with Crippen molar-refractivity contribution in [2.45, 2.75) is 70.3 Å². The average molecular weight is 471 g/mol. The predicted octanol–water partition coefficient (Wildman–Crippen LogP) is 6.67. The maximum absolute atomic E-state index is 11.1. The second-order valence-electron chi connectivity index (χ2n) is 8.75. The van der Waals surface area contributed by atoms with Crippen LogP contribution in [0.1, 0.15) is 81.4 Å². The summed E-state index contributed by atoms with van der Waals surface area (Å²) >= 11 is 0. The van der Waals surface area contributed by atoms with Crippen LogP contribution in [0.3, 0.4) is 0 Å². The van der Waals surface area contributed by atoms with E-state index in [4.69, 9.17) is 19.3 Å². The van der Waals surface area contributed by atoms with Gasteiger partial charge in [0.05, 0.1) is 7.11 Å². The summed E-state index contributed by atoms with van der Waals surface area (Å²) in [5.74, 6) is 1.31. The first-order valence-electron chi connectivity index (χ1n) is 12.5. The van der Waals surface area contributed by atoms with Gasteiger partial charge in [-0.15, -0.1) is 0 Å². The Hall–Kier alpha value is -2.70. The van der Waals surface area contributed by atoms with E-state index in [1.165, 1.54) is 51.7 Å². The molecule has 34 heavy (non-hydrogen) atoms. The molecule has 6 heteroatoms. The molecule has 0 aromatic heterocycles. The van der Waals surface area contributed by atoms with Gasteiger partial charge in [0.2, 0.25) is 0 Å². The summed E-state index contributed by atoms with van der Waals surface area (Å²) in [6.07, 6.45) is 10.9. The van der Waals surface area contributed by atoms with E-state index >= 15 is 0 Å². The molecule has 0 bridgehead atoms. The molecule has 186 valence electrons. The summed E-state index contributed by atoms with van der Waals surface area (Å²) in [6, 6.07) is 12.4. The molecule has 6 nitrogen and oxygen atoms in total. The molecular weight excluding hydrogens is 432 g/mol. The van der Waals surface area contributed by atoms with Gasteiger partial charge >= 0.3 is 0 Å². The zero-order chi connectivity index (χ0) is 24.2. The van der Waals surface area contributed by atoms with E-state index in [0.717, 1.165) is 31.2 Å². The molecule has 0 fully saturated rings. The number of para-hydroxylation sites is 1. The fraction of sp³-hybridized carbons (Fsp3) is 0.500. The van der Waals surface area contributed by atoms with Crippen LogP contribution in [0.4, 0.5) is 0 Å². The minimum Gasteiger partial charge on any atom is -0.506 e. The quantitative estimate of drug-likeness (QED) is 0.252. The predicted molar refractivity (Wildman–Crippen MR) is 133 cm³/mol. The van der Waals surface area contributed by atoms with Crippen molar-refractivity contribution in [2.24, 2.45) is 0 Å². The largest absolute Gasteiger partial charge is 0.506 e. The van der Waals surface area contributed by atoms with Crippen molar-refractivity contribution in [2.75, 3.05) is 20.3 Å². The highest BCUT2D eigenvalue weighted by Crippen LogP contribution is 2.43. The van der Waals surface area contributed by atoms with Crippen LogP contribution in [0.15, 0.2) is 48.2 Å². The number of aliphatic hydroxyl groups is 2. The van der Waals surface area contributed by atoms with Crippen molar-refractivity contribution >= 4 is 5.76 Å². The maximum atomic E-state index is 11.1. The molecule has 0 saturated carbocycles. The number of fused-ring (bicyclic) bond motifs is 1. The zero-order valence-electron chi connectivity index (χ0n) is 20.2. The standard InChI is InChI=1S/C28H38O6/c1-32-25-20-21(16-17-23(25)30)27-26(31)28(22-14-10-11-15-24(22)34-27)33-19-13-9-7-5-3-2-4-6-8-12-18-29/h10-11,14-17,20,28-31H,2-9,12-13,18-19H2,1H3. The fourth-order valence-electron chi connectivity index (χ4n) is 4.24. The van der Waals surface area contributed by atoms with Crippen molar-refractivity contribution in [3.05, 3.63) is 59.4 Å². The number of methoxy groups -OCH3 is 1. The highest BCUT2D eigenvalue weighted by molar-refractivity contribution is 5.70. The van der Waals surface area contributed by atoms with Gasteiger partial charge in [0.25, 0.3) is 0 Å². The number of rotatable bonds is 15. The summed E-state index contributed by atoms with van der Waals surface area (Å²) in [4.78, 5) is 0. The minimum atomic E-state index is -0.598. The highest BCUT2D eigenvalue weighted by atomic mass is 16.5. The second kappa shape index (κ2) is 13.9. The SMILES string of the molecule is COc1cc(C2=C(O)C(OCCCCCCCCCCCCO)c3ccccc3O2)ccc1O. The number of aliphatic hydroxyl groups excluding tert-OH is 2. The third-order valence-corrected chi connectivity index (χ3v) is 6.17. The lowest BCUT2D eigenvalue weighted by Crippen LogP contribution is -2.18. The van der Waals surface area contributed by atoms with Crippen LogP contribution < -0.4 is 9.47 Å². The third kappa shape index (κ3) is 7.15. The Morgan fingerprint density at radius 3 is 2.15 bits per heavy atom. The smallest absolute Gasteiger partial charge is 0.175 e. The first-order valence-corrected chi connectivity index (χ1v) is 12.5. The van der Waals surface area contributed by atoms with Crippen LogP contribution in [0.2, 0.25) is 0 Å². The Labute approximate surface area is 202 Å². The Morgan fingerprint density at radius 1 is 0.824 bits per heavy atom. The molecule has 0 amide bonds. The number of aromatic hydroxyl groups is 1. The van der Waals surface area contributed by atoms with E-state index in [1.54, 1.807) is 12.1 Å². The molecular formula is C28H38O6. The van der Waals surface area contributed by atoms with Gasteiger partial charge in [0, 0.05) is 24.3 Å². The van der Waals surface area contributed by atoms with E-state index < -0.39 is 6.10 Å². The minimum absolute atomic E-state index is 0.0210. The molecule has 3 rings (SSSR count). The number of phenols is 1. The van der Waals surface area contributed by atoms with E-state index in [-0.39, 0.29) is 11.5 Å². The normalized spacial score (nSPS) is 15.2. The van der Waals surface area contributed by atoms with Gasteiger partial charge < -0.3 is 29.5 Å². The van der Waals surface area contributed by atoms with Crippen LogP contribution in [0.25, 0.3) is 5.76 Å². The molecule has 0 spiro atoms. The van der Waals surface area contributed by atoms with Crippen molar-refractivity contribution in [1.29, 1.82) is 0 Å². The lowest BCUT2D eigenvalue weighted by Gasteiger charge is -2.28. The molecule has 3 N–H and O–H groups in total. The van der Waals surface area contributed by atoms with Gasteiger partial charge in [-0.05, 0) is 37.1 Å². The average Bonchev–Trinajstić information content (AvgIpc) is 2.86. The fourth-order valence-corrected chi connectivity index (χ4v) is 4.24. The van der Waals surface area contributed by atoms with Crippen LogP contribution in [-0.4, -0.2) is 35.6 Å². The third-order valence-electron chi connectivity index (χ3n) is 6.17. The molecule has 1 heterocycles. The molecule has 1 atom stereocenters. The second-order valence-corrected chi connectivity index (χ2v) is 8.75. The number of hydrogen-bond donors (Lipinski definition) is 3. The summed E-state index contributed by atoms with van der Waals surface area (Å²) in [5.41, 5.74) is 1.40. The molecule has 0 radical (unpaired) electrons. The lowest BCUT2D eigenvalue weighted by atomic mass is 10.00. The van der Waals surface area contributed by atoms with Crippen molar-refractivity contribution < 1.29 is 29.5 Å². The summed E-state index contributed by atoms with van der Waals surface area (Å²) in [7, 11) is 1.48. The Kier molecular flexibility index (Phi) is 10.6. The number of ether oxygens (including phenoxy) is 3. The maximum Gasteiger partial charge on any atom is 0.175 e. The summed E-state index contributed by atoms with van der Waals surface area (Å²) < 4.78 is 17.4. The highest BCUT2D eigenvalue weighted by Gasteiger charge is 2.31. The topological polar surface area (TPSA) is 88.4 Å². The first kappa shape index (κ1) is 25.9. The monoisotopic (exact) mass is 470 g/mol. The Morgan fingerprint density at radius 2 is 1.47 bits per heavy atom. The Bertz CT molecular complexity index is 923. The summed E-state index contributed by atoms with van der Waals surface area (Å²) in [6.45, 7) is 0.859.